The Bertz CT molecular complexity index is 624. The van der Waals surface area contributed by atoms with Crippen LogP contribution in [0.15, 0.2) is 36.4 Å². The average molecular weight is 311 g/mol. The molecular weight excluding hydrogens is 276 g/mol. The first-order chi connectivity index (χ1) is 10.6. The average Bonchev–Trinajstić information content (AvgIpc) is 2.43. The van der Waals surface area contributed by atoms with Gasteiger partial charge in [-0.3, -0.25) is 0 Å². The molecule has 0 aliphatic carbocycles. The summed E-state index contributed by atoms with van der Waals surface area (Å²) in [6.45, 7) is 24.0. The van der Waals surface area contributed by atoms with Crippen molar-refractivity contribution in [3.63, 3.8) is 0 Å². The summed E-state index contributed by atoms with van der Waals surface area (Å²) >= 11 is 0. The van der Waals surface area contributed by atoms with E-state index in [0.29, 0.717) is 0 Å². The third-order valence-electron chi connectivity index (χ3n) is 4.66. The lowest BCUT2D eigenvalue weighted by Crippen LogP contribution is -1.96. The Morgan fingerprint density at radius 3 is 1.96 bits per heavy atom. The van der Waals surface area contributed by atoms with Crippen LogP contribution < -0.4 is 0 Å². The Morgan fingerprint density at radius 2 is 1.43 bits per heavy atom. The van der Waals surface area contributed by atoms with E-state index in [9.17, 15) is 0 Å². The third-order valence-corrected chi connectivity index (χ3v) is 4.66. The quantitative estimate of drug-likeness (QED) is 0.457. The van der Waals surface area contributed by atoms with E-state index in [2.05, 4.69) is 73.8 Å². The highest BCUT2D eigenvalue weighted by atomic mass is 14.1. The predicted octanol–water partition coefficient (Wildman–Crippen LogP) is 7.51. The summed E-state index contributed by atoms with van der Waals surface area (Å²) in [5, 5.41) is 0. The maximum atomic E-state index is 4.36. The zero-order valence-electron chi connectivity index (χ0n) is 16.3. The van der Waals surface area contributed by atoms with Crippen LogP contribution in [-0.2, 0) is 0 Å². The molecule has 0 saturated carbocycles. The van der Waals surface area contributed by atoms with Crippen molar-refractivity contribution >= 4 is 11.1 Å². The van der Waals surface area contributed by atoms with Crippen LogP contribution >= 0.6 is 0 Å². The Kier molecular flexibility index (Phi) is 7.06. The Labute approximate surface area is 144 Å². The minimum atomic E-state index is 0.727. The van der Waals surface area contributed by atoms with Crippen LogP contribution in [0.25, 0.3) is 11.1 Å². The van der Waals surface area contributed by atoms with Gasteiger partial charge >= 0.3 is 0 Å². The number of aryl methyl sites for hydroxylation is 2. The van der Waals surface area contributed by atoms with Gasteiger partial charge in [-0.1, -0.05) is 49.8 Å². The molecule has 0 spiro atoms. The number of rotatable bonds is 7. The molecule has 0 atom stereocenters. The standard InChI is InChI=1S/C23H34/c1-15(2)12-19(7)17(5)10-11-18(6)23-14-22(16(3)4)20(8)13-21(23)9/h13-15H,3,6,10-12H2,1-2,4-5,7-9H3/b19-17+. The molecule has 0 aliphatic heterocycles. The van der Waals surface area contributed by atoms with Gasteiger partial charge in [0.05, 0.1) is 0 Å². The van der Waals surface area contributed by atoms with Gasteiger partial charge in [0.2, 0.25) is 0 Å². The van der Waals surface area contributed by atoms with Crippen molar-refractivity contribution in [1.29, 1.82) is 0 Å². The lowest BCUT2D eigenvalue weighted by molar-refractivity contribution is 0.635. The molecule has 0 aromatic heterocycles. The van der Waals surface area contributed by atoms with E-state index in [1.165, 1.54) is 45.4 Å². The molecule has 0 N–H and O–H groups in total. The summed E-state index contributed by atoms with van der Waals surface area (Å²) in [5.41, 5.74) is 10.6. The first-order valence-electron chi connectivity index (χ1n) is 8.74. The second-order valence-electron chi connectivity index (χ2n) is 7.52. The molecule has 0 bridgehead atoms. The molecule has 0 unspecified atom stereocenters. The maximum Gasteiger partial charge on any atom is -0.0195 e. The minimum Gasteiger partial charge on any atom is -0.0955 e. The van der Waals surface area contributed by atoms with Crippen molar-refractivity contribution in [2.24, 2.45) is 5.92 Å². The maximum absolute atomic E-state index is 4.36. The van der Waals surface area contributed by atoms with Crippen LogP contribution in [0.1, 0.15) is 76.1 Å². The number of benzene rings is 1. The van der Waals surface area contributed by atoms with Crippen molar-refractivity contribution in [2.75, 3.05) is 0 Å². The first kappa shape index (κ1) is 19.5. The first-order valence-corrected chi connectivity index (χ1v) is 8.74. The third kappa shape index (κ3) is 5.53. The van der Waals surface area contributed by atoms with Gasteiger partial charge < -0.3 is 0 Å². The van der Waals surface area contributed by atoms with Gasteiger partial charge in [0.15, 0.2) is 0 Å². The number of hydrogen-bond acceptors (Lipinski definition) is 0. The highest BCUT2D eigenvalue weighted by Crippen LogP contribution is 2.29. The molecule has 0 saturated heterocycles. The van der Waals surface area contributed by atoms with Gasteiger partial charge in [-0.15, -0.1) is 0 Å². The van der Waals surface area contributed by atoms with Crippen LogP contribution in [0.2, 0.25) is 0 Å². The monoisotopic (exact) mass is 310 g/mol. The van der Waals surface area contributed by atoms with E-state index >= 15 is 0 Å². The number of allylic oxidation sites excluding steroid dienone is 4. The van der Waals surface area contributed by atoms with Gasteiger partial charge in [0.25, 0.3) is 0 Å². The van der Waals surface area contributed by atoms with Crippen LogP contribution in [0, 0.1) is 19.8 Å². The fourth-order valence-corrected chi connectivity index (χ4v) is 3.17. The van der Waals surface area contributed by atoms with Crippen LogP contribution in [0.5, 0.6) is 0 Å². The van der Waals surface area contributed by atoms with E-state index in [1.54, 1.807) is 0 Å². The van der Waals surface area contributed by atoms with Crippen LogP contribution in [-0.4, -0.2) is 0 Å². The second kappa shape index (κ2) is 8.34. The van der Waals surface area contributed by atoms with Crippen molar-refractivity contribution in [3.05, 3.63) is 58.7 Å². The van der Waals surface area contributed by atoms with E-state index in [-0.39, 0.29) is 0 Å². The summed E-state index contributed by atoms with van der Waals surface area (Å²) in [7, 11) is 0. The molecular formula is C23H34. The van der Waals surface area contributed by atoms with E-state index in [4.69, 9.17) is 0 Å². The van der Waals surface area contributed by atoms with E-state index in [0.717, 1.165) is 24.3 Å². The molecule has 0 fully saturated rings. The smallest absolute Gasteiger partial charge is 0.0195 e. The van der Waals surface area contributed by atoms with E-state index in [1.807, 2.05) is 0 Å². The highest BCUT2D eigenvalue weighted by Gasteiger charge is 2.09. The SMILES string of the molecule is C=C(C)c1cc(C(=C)CC/C(C)=C(\C)CC(C)C)c(C)cc1C. The summed E-state index contributed by atoms with van der Waals surface area (Å²) in [4.78, 5) is 0. The zero-order valence-corrected chi connectivity index (χ0v) is 16.3. The second-order valence-corrected chi connectivity index (χ2v) is 7.52. The lowest BCUT2D eigenvalue weighted by Gasteiger charge is -2.16. The topological polar surface area (TPSA) is 0 Å². The Morgan fingerprint density at radius 1 is 0.870 bits per heavy atom. The molecule has 0 radical (unpaired) electrons. The molecule has 1 aromatic carbocycles. The fourth-order valence-electron chi connectivity index (χ4n) is 3.17. The summed E-state index contributed by atoms with van der Waals surface area (Å²) in [6.07, 6.45) is 3.33. The van der Waals surface area contributed by atoms with Gasteiger partial charge in [0, 0.05) is 0 Å². The summed E-state index contributed by atoms with van der Waals surface area (Å²) in [5.74, 6) is 0.727. The summed E-state index contributed by atoms with van der Waals surface area (Å²) in [6, 6.07) is 4.53. The van der Waals surface area contributed by atoms with Crippen molar-refractivity contribution in [1.82, 2.24) is 0 Å². The Balaban J connectivity index is 2.91. The van der Waals surface area contributed by atoms with Crippen molar-refractivity contribution in [2.45, 2.75) is 67.7 Å². The van der Waals surface area contributed by atoms with Crippen molar-refractivity contribution in [3.8, 4) is 0 Å². The molecule has 0 nitrogen and oxygen atoms in total. The highest BCUT2D eigenvalue weighted by molar-refractivity contribution is 5.73. The van der Waals surface area contributed by atoms with Crippen LogP contribution in [0.3, 0.4) is 0 Å². The van der Waals surface area contributed by atoms with Gasteiger partial charge in [0.1, 0.15) is 0 Å². The van der Waals surface area contributed by atoms with Gasteiger partial charge in [-0.2, -0.15) is 0 Å². The lowest BCUT2D eigenvalue weighted by atomic mass is 9.90. The van der Waals surface area contributed by atoms with Crippen LogP contribution in [0.4, 0.5) is 0 Å². The van der Waals surface area contributed by atoms with Gasteiger partial charge in [-0.25, -0.2) is 0 Å². The molecule has 0 aliphatic rings. The molecule has 1 rings (SSSR count). The largest absolute Gasteiger partial charge is 0.0955 e. The van der Waals surface area contributed by atoms with Crippen molar-refractivity contribution < 1.29 is 0 Å². The number of hydrogen-bond donors (Lipinski definition) is 0. The van der Waals surface area contributed by atoms with E-state index < -0.39 is 0 Å². The molecule has 0 heteroatoms. The molecule has 23 heavy (non-hydrogen) atoms. The molecule has 0 amide bonds. The molecule has 0 heterocycles. The molecule has 1 aromatic rings. The molecule has 126 valence electrons. The normalized spacial score (nSPS) is 12.3. The Hall–Kier alpha value is -1.56. The zero-order chi connectivity index (χ0) is 17.7. The fraction of sp³-hybridized carbons (Fsp3) is 0.478. The predicted molar refractivity (Wildman–Crippen MR) is 107 cm³/mol. The summed E-state index contributed by atoms with van der Waals surface area (Å²) < 4.78 is 0. The minimum absolute atomic E-state index is 0.727. The van der Waals surface area contributed by atoms with Gasteiger partial charge in [-0.05, 0) is 93.7 Å².